The second kappa shape index (κ2) is 8.99. The van der Waals surface area contributed by atoms with Crippen LogP contribution in [0.4, 0.5) is 0 Å². The smallest absolute Gasteiger partial charge is 0.254 e. The SMILES string of the molecule is CCOc1ccc(C(=O)N2CCC(C(C)N)C2)cc1OCC.Cl. The van der Waals surface area contributed by atoms with Crippen LogP contribution in [-0.4, -0.2) is 43.2 Å². The van der Waals surface area contributed by atoms with Gasteiger partial charge < -0.3 is 20.1 Å². The van der Waals surface area contributed by atoms with Crippen LogP contribution in [0.5, 0.6) is 11.5 Å². The number of ether oxygens (including phenoxy) is 2. The van der Waals surface area contributed by atoms with Gasteiger partial charge in [0.15, 0.2) is 11.5 Å². The van der Waals surface area contributed by atoms with E-state index in [-0.39, 0.29) is 24.4 Å². The van der Waals surface area contributed by atoms with Gasteiger partial charge in [-0.1, -0.05) is 0 Å². The molecule has 0 spiro atoms. The zero-order chi connectivity index (χ0) is 16.1. The van der Waals surface area contributed by atoms with Crippen LogP contribution < -0.4 is 15.2 Å². The number of amides is 1. The molecular formula is C17H27ClN2O3. The number of halogens is 1. The molecule has 0 aromatic heterocycles. The van der Waals surface area contributed by atoms with E-state index in [1.807, 2.05) is 25.7 Å². The van der Waals surface area contributed by atoms with Crippen molar-refractivity contribution < 1.29 is 14.3 Å². The average molecular weight is 343 g/mol. The zero-order valence-corrected chi connectivity index (χ0v) is 14.9. The van der Waals surface area contributed by atoms with Crippen LogP contribution in [0, 0.1) is 5.92 Å². The fraction of sp³-hybridized carbons (Fsp3) is 0.588. The van der Waals surface area contributed by atoms with Crippen molar-refractivity contribution in [1.29, 1.82) is 0 Å². The third kappa shape index (κ3) is 4.75. The van der Waals surface area contributed by atoms with Gasteiger partial charge in [0.2, 0.25) is 0 Å². The van der Waals surface area contributed by atoms with Gasteiger partial charge in [-0.2, -0.15) is 0 Å². The molecule has 1 aliphatic heterocycles. The van der Waals surface area contributed by atoms with Crippen LogP contribution in [0.1, 0.15) is 37.6 Å². The Hall–Kier alpha value is -1.46. The van der Waals surface area contributed by atoms with Crippen molar-refractivity contribution in [2.75, 3.05) is 26.3 Å². The van der Waals surface area contributed by atoms with Gasteiger partial charge in [0.05, 0.1) is 13.2 Å². The molecule has 1 heterocycles. The number of nitrogens with two attached hydrogens (primary N) is 1. The number of likely N-dealkylation sites (tertiary alicyclic amines) is 1. The van der Waals surface area contributed by atoms with Crippen LogP contribution in [0.25, 0.3) is 0 Å². The zero-order valence-electron chi connectivity index (χ0n) is 14.1. The molecule has 2 rings (SSSR count). The molecular weight excluding hydrogens is 316 g/mol. The highest BCUT2D eigenvalue weighted by Crippen LogP contribution is 2.30. The van der Waals surface area contributed by atoms with E-state index in [0.717, 1.165) is 19.5 Å². The highest BCUT2D eigenvalue weighted by Gasteiger charge is 2.29. The molecule has 130 valence electrons. The third-order valence-electron chi connectivity index (χ3n) is 4.05. The van der Waals surface area contributed by atoms with Crippen molar-refractivity contribution in [3.63, 3.8) is 0 Å². The van der Waals surface area contributed by atoms with Crippen molar-refractivity contribution >= 4 is 18.3 Å². The van der Waals surface area contributed by atoms with Crippen LogP contribution in [0.15, 0.2) is 18.2 Å². The monoisotopic (exact) mass is 342 g/mol. The summed E-state index contributed by atoms with van der Waals surface area (Å²) >= 11 is 0. The molecule has 1 aromatic carbocycles. The van der Waals surface area contributed by atoms with Crippen molar-refractivity contribution in [1.82, 2.24) is 4.90 Å². The topological polar surface area (TPSA) is 64.8 Å². The maximum Gasteiger partial charge on any atom is 0.254 e. The molecule has 0 saturated carbocycles. The molecule has 2 unspecified atom stereocenters. The van der Waals surface area contributed by atoms with Gasteiger partial charge in [0.1, 0.15) is 0 Å². The summed E-state index contributed by atoms with van der Waals surface area (Å²) in [6, 6.07) is 5.50. The number of benzene rings is 1. The fourth-order valence-corrected chi connectivity index (χ4v) is 2.77. The highest BCUT2D eigenvalue weighted by molar-refractivity contribution is 5.95. The van der Waals surface area contributed by atoms with Gasteiger partial charge in [-0.3, -0.25) is 4.79 Å². The number of nitrogens with zero attached hydrogens (tertiary/aromatic N) is 1. The first-order valence-electron chi connectivity index (χ1n) is 8.01. The standard InChI is InChI=1S/C17H26N2O3.ClH/c1-4-21-15-7-6-13(10-16(15)22-5-2)17(20)19-9-8-14(11-19)12(3)18;/h6-7,10,12,14H,4-5,8-9,11,18H2,1-3H3;1H. The van der Waals surface area contributed by atoms with E-state index in [1.54, 1.807) is 18.2 Å². The highest BCUT2D eigenvalue weighted by atomic mass is 35.5. The van der Waals surface area contributed by atoms with E-state index in [9.17, 15) is 4.79 Å². The lowest BCUT2D eigenvalue weighted by Crippen LogP contribution is -2.33. The maximum atomic E-state index is 12.6. The lowest BCUT2D eigenvalue weighted by Gasteiger charge is -2.19. The number of hydrogen-bond acceptors (Lipinski definition) is 4. The second-order valence-electron chi connectivity index (χ2n) is 5.69. The summed E-state index contributed by atoms with van der Waals surface area (Å²) in [5.41, 5.74) is 6.58. The number of rotatable bonds is 6. The molecule has 1 aliphatic rings. The summed E-state index contributed by atoms with van der Waals surface area (Å²) in [5.74, 6) is 1.72. The van der Waals surface area contributed by atoms with Crippen LogP contribution in [-0.2, 0) is 0 Å². The van der Waals surface area contributed by atoms with E-state index >= 15 is 0 Å². The van der Waals surface area contributed by atoms with Crippen LogP contribution in [0.3, 0.4) is 0 Å². The summed E-state index contributed by atoms with van der Waals surface area (Å²) < 4.78 is 11.1. The first-order valence-corrected chi connectivity index (χ1v) is 8.01. The number of carbonyl (C=O) groups excluding carboxylic acids is 1. The second-order valence-corrected chi connectivity index (χ2v) is 5.69. The summed E-state index contributed by atoms with van der Waals surface area (Å²) in [6.45, 7) is 8.44. The molecule has 23 heavy (non-hydrogen) atoms. The molecule has 1 amide bonds. The summed E-state index contributed by atoms with van der Waals surface area (Å²) in [4.78, 5) is 14.5. The molecule has 1 fully saturated rings. The van der Waals surface area contributed by atoms with Gasteiger partial charge in [0, 0.05) is 24.7 Å². The minimum atomic E-state index is 0. The minimum Gasteiger partial charge on any atom is -0.490 e. The molecule has 2 atom stereocenters. The Morgan fingerprint density at radius 1 is 1.30 bits per heavy atom. The van der Waals surface area contributed by atoms with Crippen molar-refractivity contribution in [2.24, 2.45) is 11.7 Å². The molecule has 2 N–H and O–H groups in total. The van der Waals surface area contributed by atoms with E-state index in [2.05, 4.69) is 0 Å². The Bertz CT molecular complexity index is 523. The predicted molar refractivity (Wildman–Crippen MR) is 93.7 cm³/mol. The Balaban J connectivity index is 0.00000264. The molecule has 0 bridgehead atoms. The lowest BCUT2D eigenvalue weighted by molar-refractivity contribution is 0.0785. The van der Waals surface area contributed by atoms with Crippen LogP contribution in [0.2, 0.25) is 0 Å². The fourth-order valence-electron chi connectivity index (χ4n) is 2.77. The molecule has 0 aliphatic carbocycles. The quantitative estimate of drug-likeness (QED) is 0.863. The van der Waals surface area contributed by atoms with Gasteiger partial charge >= 0.3 is 0 Å². The first-order chi connectivity index (χ1) is 10.6. The summed E-state index contributed by atoms with van der Waals surface area (Å²) in [5, 5.41) is 0. The Labute approximate surface area is 144 Å². The Morgan fingerprint density at radius 2 is 1.96 bits per heavy atom. The van der Waals surface area contributed by atoms with Gasteiger partial charge in [-0.15, -0.1) is 12.4 Å². The van der Waals surface area contributed by atoms with Gasteiger partial charge in [-0.05, 0) is 51.3 Å². The largest absolute Gasteiger partial charge is 0.490 e. The molecule has 6 heteroatoms. The molecule has 1 saturated heterocycles. The normalized spacial score (nSPS) is 18.3. The van der Waals surface area contributed by atoms with E-state index in [4.69, 9.17) is 15.2 Å². The molecule has 0 radical (unpaired) electrons. The molecule has 5 nitrogen and oxygen atoms in total. The number of carbonyl (C=O) groups is 1. The van der Waals surface area contributed by atoms with Crippen molar-refractivity contribution in [2.45, 2.75) is 33.2 Å². The first kappa shape index (κ1) is 19.6. The lowest BCUT2D eigenvalue weighted by atomic mass is 10.0. The van der Waals surface area contributed by atoms with E-state index in [0.29, 0.717) is 36.2 Å². The molecule has 1 aromatic rings. The minimum absolute atomic E-state index is 0. The summed E-state index contributed by atoms with van der Waals surface area (Å²) in [6.07, 6.45) is 0.971. The van der Waals surface area contributed by atoms with Crippen molar-refractivity contribution in [3.8, 4) is 11.5 Å². The Morgan fingerprint density at radius 3 is 2.52 bits per heavy atom. The van der Waals surface area contributed by atoms with E-state index in [1.165, 1.54) is 0 Å². The number of hydrogen-bond donors (Lipinski definition) is 1. The van der Waals surface area contributed by atoms with E-state index < -0.39 is 0 Å². The maximum absolute atomic E-state index is 12.6. The Kier molecular flexibility index (Phi) is 7.65. The van der Waals surface area contributed by atoms with Crippen molar-refractivity contribution in [3.05, 3.63) is 23.8 Å². The van der Waals surface area contributed by atoms with Crippen LogP contribution >= 0.6 is 12.4 Å². The van der Waals surface area contributed by atoms with Gasteiger partial charge in [0.25, 0.3) is 5.91 Å². The summed E-state index contributed by atoms with van der Waals surface area (Å²) in [7, 11) is 0. The van der Waals surface area contributed by atoms with Gasteiger partial charge in [-0.25, -0.2) is 0 Å². The third-order valence-corrected chi connectivity index (χ3v) is 4.05. The predicted octanol–water partition coefficient (Wildman–Crippen LogP) is 2.72. The average Bonchev–Trinajstić information content (AvgIpc) is 2.99.